The Morgan fingerprint density at radius 1 is 1.44 bits per heavy atom. The van der Waals surface area contributed by atoms with Crippen molar-refractivity contribution in [1.82, 2.24) is 14.9 Å². The van der Waals surface area contributed by atoms with E-state index >= 15 is 0 Å². The lowest BCUT2D eigenvalue weighted by Crippen LogP contribution is -2.51. The van der Waals surface area contributed by atoms with Crippen molar-refractivity contribution in [2.75, 3.05) is 11.8 Å². The van der Waals surface area contributed by atoms with Gasteiger partial charge >= 0.3 is 0 Å². The van der Waals surface area contributed by atoms with E-state index in [1.54, 1.807) is 0 Å². The number of amides is 1. The van der Waals surface area contributed by atoms with Gasteiger partial charge in [0, 0.05) is 11.8 Å². The quantitative estimate of drug-likeness (QED) is 0.822. The van der Waals surface area contributed by atoms with Gasteiger partial charge in [0.15, 0.2) is 0 Å². The smallest absolute Gasteiger partial charge is 0.265 e. The molecule has 1 N–H and O–H groups in total. The minimum Gasteiger partial charge on any atom is -0.343 e. The van der Waals surface area contributed by atoms with E-state index in [2.05, 4.69) is 14.9 Å². The van der Waals surface area contributed by atoms with E-state index < -0.39 is 5.54 Å². The Bertz CT molecular complexity index is 396. The molecule has 0 saturated carbocycles. The van der Waals surface area contributed by atoms with E-state index in [1.165, 1.54) is 0 Å². The number of alkyl halides is 2. The monoisotopic (exact) mass is 309 g/mol. The van der Waals surface area contributed by atoms with Crippen LogP contribution in [-0.4, -0.2) is 32.8 Å². The molecule has 1 heterocycles. The van der Waals surface area contributed by atoms with Crippen molar-refractivity contribution in [3.63, 3.8) is 0 Å². The fourth-order valence-electron chi connectivity index (χ4n) is 1.41. The molecular formula is C11H17Cl2N3OS. The molecule has 4 nitrogen and oxygen atoms in total. The molecule has 0 aliphatic carbocycles. The number of carbonyl (C=O) groups excluding carboxylic acids is 1. The van der Waals surface area contributed by atoms with Crippen LogP contribution in [0.5, 0.6) is 0 Å². The predicted octanol–water partition coefficient (Wildman–Crippen LogP) is 3.02. The van der Waals surface area contributed by atoms with Crippen LogP contribution in [0.25, 0.3) is 0 Å². The summed E-state index contributed by atoms with van der Waals surface area (Å²) in [5.74, 6) is 0.522. The lowest BCUT2D eigenvalue weighted by Gasteiger charge is -2.29. The van der Waals surface area contributed by atoms with Gasteiger partial charge in [-0.15, -0.1) is 28.3 Å². The first-order valence-electron chi connectivity index (χ1n) is 5.76. The van der Waals surface area contributed by atoms with E-state index in [0.29, 0.717) is 17.0 Å². The van der Waals surface area contributed by atoms with Crippen molar-refractivity contribution >= 4 is 40.6 Å². The third-order valence-electron chi connectivity index (χ3n) is 2.83. The highest BCUT2D eigenvalue weighted by Crippen LogP contribution is 2.22. The van der Waals surface area contributed by atoms with Gasteiger partial charge < -0.3 is 5.32 Å². The van der Waals surface area contributed by atoms with Crippen LogP contribution in [0.3, 0.4) is 0 Å². The Balaban J connectivity index is 2.91. The van der Waals surface area contributed by atoms with E-state index in [4.69, 9.17) is 23.2 Å². The molecule has 0 bridgehead atoms. The molecule has 0 radical (unpaired) electrons. The number of halogens is 2. The summed E-state index contributed by atoms with van der Waals surface area (Å²) in [4.78, 5) is 12.8. The highest BCUT2D eigenvalue weighted by atomic mass is 35.5. The Hall–Kier alpha value is -0.390. The van der Waals surface area contributed by atoms with Gasteiger partial charge in [-0.05, 0) is 23.9 Å². The van der Waals surface area contributed by atoms with E-state index in [9.17, 15) is 4.79 Å². The maximum Gasteiger partial charge on any atom is 0.265 e. The normalized spacial score (nSPS) is 11.9. The minimum absolute atomic E-state index is 0.160. The molecule has 0 aliphatic rings. The molecule has 0 spiro atoms. The highest BCUT2D eigenvalue weighted by Gasteiger charge is 2.30. The van der Waals surface area contributed by atoms with Crippen LogP contribution in [0.15, 0.2) is 0 Å². The minimum atomic E-state index is -0.571. The largest absolute Gasteiger partial charge is 0.343 e. The van der Waals surface area contributed by atoms with E-state index in [-0.39, 0.29) is 23.6 Å². The molecule has 102 valence electrons. The van der Waals surface area contributed by atoms with Gasteiger partial charge in [-0.25, -0.2) is 0 Å². The fraction of sp³-hybridized carbons (Fsp3) is 0.727. The predicted molar refractivity (Wildman–Crippen MR) is 75.9 cm³/mol. The summed E-state index contributed by atoms with van der Waals surface area (Å²) in [5.41, 5.74) is 0.143. The van der Waals surface area contributed by atoms with Gasteiger partial charge in [-0.2, -0.15) is 0 Å². The third-order valence-corrected chi connectivity index (χ3v) is 4.60. The van der Waals surface area contributed by atoms with Gasteiger partial charge in [0.1, 0.15) is 4.88 Å². The van der Waals surface area contributed by atoms with Crippen molar-refractivity contribution in [1.29, 1.82) is 0 Å². The molecule has 18 heavy (non-hydrogen) atoms. The zero-order chi connectivity index (χ0) is 13.8. The zero-order valence-corrected chi connectivity index (χ0v) is 13.0. The number of hydrogen-bond acceptors (Lipinski definition) is 4. The average molecular weight is 310 g/mol. The van der Waals surface area contributed by atoms with Gasteiger partial charge in [0.25, 0.3) is 5.91 Å². The molecule has 7 heteroatoms. The molecule has 0 unspecified atom stereocenters. The Labute approximate surface area is 121 Å². The molecule has 1 amide bonds. The second-order valence-corrected chi connectivity index (χ2v) is 5.79. The Kier molecular flexibility index (Phi) is 5.82. The van der Waals surface area contributed by atoms with Crippen LogP contribution in [0, 0.1) is 0 Å². The van der Waals surface area contributed by atoms with Crippen LogP contribution in [0.4, 0.5) is 0 Å². The number of aromatic nitrogens is 2. The zero-order valence-electron chi connectivity index (χ0n) is 10.7. The van der Waals surface area contributed by atoms with Crippen LogP contribution < -0.4 is 5.32 Å². The number of nitrogens with zero attached hydrogens (tertiary/aromatic N) is 2. The summed E-state index contributed by atoms with van der Waals surface area (Å²) >= 11 is 12.9. The van der Waals surface area contributed by atoms with Crippen molar-refractivity contribution in [3.8, 4) is 0 Å². The topological polar surface area (TPSA) is 54.9 Å². The molecule has 0 fully saturated rings. The number of nitrogens with one attached hydrogen (secondary N) is 1. The van der Waals surface area contributed by atoms with Crippen molar-refractivity contribution < 1.29 is 4.79 Å². The molecular weight excluding hydrogens is 293 g/mol. The molecule has 0 saturated heterocycles. The summed E-state index contributed by atoms with van der Waals surface area (Å²) in [5, 5.41) is 6.89. The van der Waals surface area contributed by atoms with E-state index in [1.807, 2.05) is 20.8 Å². The SMILES string of the molecule is CCC(CCl)(CCl)NC(=O)c1snnc1C(C)C. The molecule has 0 atom stereocenters. The molecule has 0 aromatic carbocycles. The summed E-state index contributed by atoms with van der Waals surface area (Å²) in [6.45, 7) is 5.90. The first kappa shape index (κ1) is 15.7. The van der Waals surface area contributed by atoms with Crippen LogP contribution in [0.2, 0.25) is 0 Å². The summed E-state index contributed by atoms with van der Waals surface area (Å²) in [6, 6.07) is 0. The van der Waals surface area contributed by atoms with Gasteiger partial charge in [-0.3, -0.25) is 4.79 Å². The summed E-state index contributed by atoms with van der Waals surface area (Å²) in [7, 11) is 0. The highest BCUT2D eigenvalue weighted by molar-refractivity contribution is 7.08. The second-order valence-electron chi connectivity index (χ2n) is 4.50. The molecule has 0 aliphatic heterocycles. The van der Waals surface area contributed by atoms with Gasteiger partial charge in [-0.1, -0.05) is 25.3 Å². The number of carbonyl (C=O) groups is 1. The molecule has 1 aromatic heterocycles. The summed E-state index contributed by atoms with van der Waals surface area (Å²) in [6.07, 6.45) is 0.676. The Morgan fingerprint density at radius 3 is 2.50 bits per heavy atom. The number of hydrogen-bond donors (Lipinski definition) is 1. The van der Waals surface area contributed by atoms with Crippen LogP contribution in [-0.2, 0) is 0 Å². The van der Waals surface area contributed by atoms with Crippen molar-refractivity contribution in [2.24, 2.45) is 0 Å². The van der Waals surface area contributed by atoms with E-state index in [0.717, 1.165) is 11.5 Å². The van der Waals surface area contributed by atoms with Crippen molar-refractivity contribution in [3.05, 3.63) is 10.6 Å². The first-order chi connectivity index (χ1) is 8.49. The standard InChI is InChI=1S/C11H17Cl2N3OS/c1-4-11(5-12,6-13)14-10(17)9-8(7(2)3)15-16-18-9/h7H,4-6H2,1-3H3,(H,14,17). The van der Waals surface area contributed by atoms with Crippen LogP contribution >= 0.6 is 34.7 Å². The Morgan fingerprint density at radius 2 is 2.06 bits per heavy atom. The lowest BCUT2D eigenvalue weighted by molar-refractivity contribution is 0.0916. The van der Waals surface area contributed by atoms with Crippen molar-refractivity contribution in [2.45, 2.75) is 38.6 Å². The molecule has 1 aromatic rings. The second kappa shape index (κ2) is 6.68. The lowest BCUT2D eigenvalue weighted by atomic mass is 10.0. The maximum absolute atomic E-state index is 12.2. The third kappa shape index (κ3) is 3.33. The maximum atomic E-state index is 12.2. The van der Waals surface area contributed by atoms with Gasteiger partial charge in [0.2, 0.25) is 0 Å². The molecule has 1 rings (SSSR count). The fourth-order valence-corrected chi connectivity index (χ4v) is 2.92. The van der Waals surface area contributed by atoms with Crippen LogP contribution in [0.1, 0.15) is 48.5 Å². The summed E-state index contributed by atoms with van der Waals surface area (Å²) < 4.78 is 3.84. The average Bonchev–Trinajstić information content (AvgIpc) is 2.85. The van der Waals surface area contributed by atoms with Gasteiger partial charge in [0.05, 0.1) is 11.2 Å². The number of rotatable bonds is 6. The first-order valence-corrected chi connectivity index (χ1v) is 7.60.